The van der Waals surface area contributed by atoms with Crippen molar-refractivity contribution in [3.05, 3.63) is 12.2 Å². The lowest BCUT2D eigenvalue weighted by molar-refractivity contribution is -0.139. The molecule has 0 aliphatic heterocycles. The van der Waals surface area contributed by atoms with Crippen LogP contribution in [0.5, 0.6) is 0 Å². The third kappa shape index (κ3) is 21.0. The van der Waals surface area contributed by atoms with Crippen molar-refractivity contribution in [2.24, 2.45) is 5.73 Å². The van der Waals surface area contributed by atoms with Crippen molar-refractivity contribution in [3.8, 4) is 0 Å². The topological polar surface area (TPSA) is 109 Å². The summed E-state index contributed by atoms with van der Waals surface area (Å²) in [6.07, 6.45) is 20.0. The minimum Gasteiger partial charge on any atom is -0.481 e. The van der Waals surface area contributed by atoms with E-state index in [4.69, 9.17) is 10.8 Å². The maximum Gasteiger partial charge on any atom is 0.303 e. The molecule has 1 unspecified atom stereocenters. The molecule has 6 heteroatoms. The van der Waals surface area contributed by atoms with Crippen molar-refractivity contribution in [2.45, 2.75) is 122 Å². The van der Waals surface area contributed by atoms with Crippen molar-refractivity contribution in [1.29, 1.82) is 0 Å². The number of carboxylic acid groups (broad SMARTS) is 1. The quantitative estimate of drug-likeness (QED) is 0.132. The van der Waals surface area contributed by atoms with E-state index >= 15 is 0 Å². The Bertz CT molecular complexity index is 492. The van der Waals surface area contributed by atoms with Gasteiger partial charge in [-0.2, -0.15) is 0 Å². The second-order valence-electron chi connectivity index (χ2n) is 8.14. The average Bonchev–Trinajstić information content (AvgIpc) is 2.69. The summed E-state index contributed by atoms with van der Waals surface area (Å²) < 4.78 is 0. The first kappa shape index (κ1) is 28.3. The van der Waals surface area contributed by atoms with Crippen LogP contribution in [0.15, 0.2) is 12.2 Å². The van der Waals surface area contributed by atoms with E-state index in [1.165, 1.54) is 57.8 Å². The summed E-state index contributed by atoms with van der Waals surface area (Å²) in [6, 6.07) is 0. The number of amides is 1. The molecule has 4 N–H and O–H groups in total. The highest BCUT2D eigenvalue weighted by molar-refractivity contribution is 5.82. The Morgan fingerprint density at radius 2 is 1.33 bits per heavy atom. The van der Waals surface area contributed by atoms with E-state index in [1.807, 2.05) is 0 Å². The standard InChI is InChI=1S/C24H44N2O4/c1-2-3-4-5-6-7-8-9-10-11-12-13-14-15-16-17-21(27)20-22(25)26-23(28)18-19-24(29)30/h9-10,22H,2-8,11-20,25H2,1H3,(H,26,28)(H,29,30)/b10-9-. The molecule has 0 radical (unpaired) electrons. The number of carbonyl (C=O) groups is 3. The van der Waals surface area contributed by atoms with Gasteiger partial charge in [0.25, 0.3) is 0 Å². The van der Waals surface area contributed by atoms with E-state index in [-0.39, 0.29) is 25.0 Å². The summed E-state index contributed by atoms with van der Waals surface area (Å²) in [6.45, 7) is 2.25. The number of nitrogens with two attached hydrogens (primary N) is 1. The third-order valence-corrected chi connectivity index (χ3v) is 5.08. The smallest absolute Gasteiger partial charge is 0.303 e. The van der Waals surface area contributed by atoms with Crippen LogP contribution >= 0.6 is 0 Å². The number of carbonyl (C=O) groups excluding carboxylic acids is 2. The van der Waals surface area contributed by atoms with Crippen LogP contribution in [-0.4, -0.2) is 28.9 Å². The lowest BCUT2D eigenvalue weighted by Crippen LogP contribution is -2.43. The Morgan fingerprint density at radius 1 is 0.800 bits per heavy atom. The molecular formula is C24H44N2O4. The predicted octanol–water partition coefficient (Wildman–Crippen LogP) is 5.25. The van der Waals surface area contributed by atoms with Crippen LogP contribution in [0.25, 0.3) is 0 Å². The van der Waals surface area contributed by atoms with E-state index < -0.39 is 18.0 Å². The van der Waals surface area contributed by atoms with E-state index in [1.54, 1.807) is 0 Å². The number of allylic oxidation sites excluding steroid dienone is 2. The Labute approximate surface area is 183 Å². The number of ketones is 1. The summed E-state index contributed by atoms with van der Waals surface area (Å²) in [4.78, 5) is 33.8. The summed E-state index contributed by atoms with van der Waals surface area (Å²) in [5.74, 6) is -1.42. The van der Waals surface area contributed by atoms with Gasteiger partial charge in [-0.3, -0.25) is 14.4 Å². The molecule has 0 saturated heterocycles. The zero-order valence-electron chi connectivity index (χ0n) is 19.0. The largest absolute Gasteiger partial charge is 0.481 e. The molecule has 0 aromatic heterocycles. The summed E-state index contributed by atoms with van der Waals surface area (Å²) in [7, 11) is 0. The van der Waals surface area contributed by atoms with Gasteiger partial charge in [-0.25, -0.2) is 0 Å². The van der Waals surface area contributed by atoms with Crippen molar-refractivity contribution >= 4 is 17.7 Å². The molecule has 0 heterocycles. The highest BCUT2D eigenvalue weighted by Gasteiger charge is 2.13. The summed E-state index contributed by atoms with van der Waals surface area (Å²) >= 11 is 0. The second kappa shape index (κ2) is 20.6. The normalized spacial score (nSPS) is 12.2. The molecule has 0 bridgehead atoms. The van der Waals surface area contributed by atoms with Gasteiger partial charge in [-0.05, 0) is 32.1 Å². The maximum atomic E-state index is 11.9. The molecule has 6 nitrogen and oxygen atoms in total. The van der Waals surface area contributed by atoms with Crippen molar-refractivity contribution < 1.29 is 19.5 Å². The van der Waals surface area contributed by atoms with E-state index in [9.17, 15) is 14.4 Å². The number of hydrogen-bond donors (Lipinski definition) is 3. The molecule has 0 aromatic carbocycles. The van der Waals surface area contributed by atoms with E-state index in [0.29, 0.717) is 6.42 Å². The molecule has 0 rings (SSSR count). The monoisotopic (exact) mass is 424 g/mol. The Hall–Kier alpha value is -1.69. The average molecular weight is 425 g/mol. The first-order valence-electron chi connectivity index (χ1n) is 11.9. The molecule has 0 fully saturated rings. The molecule has 0 saturated carbocycles. The fraction of sp³-hybridized carbons (Fsp3) is 0.792. The summed E-state index contributed by atoms with van der Waals surface area (Å²) in [5, 5.41) is 11.0. The van der Waals surface area contributed by atoms with Crippen LogP contribution in [0.1, 0.15) is 116 Å². The molecule has 0 aliphatic rings. The zero-order valence-corrected chi connectivity index (χ0v) is 19.0. The number of rotatable bonds is 21. The van der Waals surface area contributed by atoms with Crippen molar-refractivity contribution in [1.82, 2.24) is 5.32 Å². The van der Waals surface area contributed by atoms with Gasteiger partial charge < -0.3 is 16.2 Å². The van der Waals surface area contributed by atoms with Crippen molar-refractivity contribution in [3.63, 3.8) is 0 Å². The third-order valence-electron chi connectivity index (χ3n) is 5.08. The van der Waals surface area contributed by atoms with Gasteiger partial charge in [-0.1, -0.05) is 70.4 Å². The zero-order chi connectivity index (χ0) is 22.5. The van der Waals surface area contributed by atoms with Crippen LogP contribution in [0.4, 0.5) is 0 Å². The molecule has 0 aromatic rings. The van der Waals surface area contributed by atoms with E-state index in [2.05, 4.69) is 24.4 Å². The summed E-state index contributed by atoms with van der Waals surface area (Å²) in [5.41, 5.74) is 5.73. The van der Waals surface area contributed by atoms with Gasteiger partial charge in [-0.15, -0.1) is 0 Å². The van der Waals surface area contributed by atoms with Crippen LogP contribution in [0, 0.1) is 0 Å². The SMILES string of the molecule is CCCCCCCC/C=C\CCCCCCCC(=O)CC(N)NC(=O)CCC(=O)O. The first-order valence-corrected chi connectivity index (χ1v) is 11.9. The molecular weight excluding hydrogens is 380 g/mol. The first-order chi connectivity index (χ1) is 14.5. The molecule has 1 amide bonds. The van der Waals surface area contributed by atoms with Crippen LogP contribution in [-0.2, 0) is 14.4 Å². The fourth-order valence-electron chi connectivity index (χ4n) is 3.29. The molecule has 1 atom stereocenters. The minimum atomic E-state index is -1.03. The number of carboxylic acids is 1. The fourth-order valence-corrected chi connectivity index (χ4v) is 3.29. The van der Waals surface area contributed by atoms with Crippen LogP contribution in [0.2, 0.25) is 0 Å². The molecule has 30 heavy (non-hydrogen) atoms. The maximum absolute atomic E-state index is 11.9. The molecule has 0 spiro atoms. The molecule has 174 valence electrons. The number of hydrogen-bond acceptors (Lipinski definition) is 4. The highest BCUT2D eigenvalue weighted by Crippen LogP contribution is 2.10. The van der Waals surface area contributed by atoms with Gasteiger partial charge in [0, 0.05) is 19.3 Å². The Kier molecular flexibility index (Phi) is 19.4. The number of unbranched alkanes of at least 4 members (excludes halogenated alkanes) is 11. The lowest BCUT2D eigenvalue weighted by atomic mass is 10.1. The second-order valence-corrected chi connectivity index (χ2v) is 8.14. The van der Waals surface area contributed by atoms with Gasteiger partial charge in [0.05, 0.1) is 12.6 Å². The predicted molar refractivity (Wildman–Crippen MR) is 122 cm³/mol. The highest BCUT2D eigenvalue weighted by atomic mass is 16.4. The Balaban J connectivity index is 3.46. The molecule has 0 aliphatic carbocycles. The van der Waals surface area contributed by atoms with Gasteiger partial charge in [0.15, 0.2) is 0 Å². The number of Topliss-reactive ketones (excluding diaryl/α,β-unsaturated/α-hetero) is 1. The Morgan fingerprint density at radius 3 is 1.90 bits per heavy atom. The lowest BCUT2D eigenvalue weighted by Gasteiger charge is -2.12. The van der Waals surface area contributed by atoms with Gasteiger partial charge in [0.2, 0.25) is 5.91 Å². The van der Waals surface area contributed by atoms with Gasteiger partial charge in [0.1, 0.15) is 5.78 Å². The number of aliphatic carboxylic acids is 1. The van der Waals surface area contributed by atoms with Gasteiger partial charge >= 0.3 is 5.97 Å². The van der Waals surface area contributed by atoms with Crippen LogP contribution < -0.4 is 11.1 Å². The number of nitrogens with one attached hydrogen (secondary N) is 1. The van der Waals surface area contributed by atoms with Crippen molar-refractivity contribution in [2.75, 3.05) is 0 Å². The van der Waals surface area contributed by atoms with E-state index in [0.717, 1.165) is 25.7 Å². The van der Waals surface area contributed by atoms with Crippen LogP contribution in [0.3, 0.4) is 0 Å². The minimum absolute atomic E-state index is 0.0404.